The number of carboxylic acid groups (broad SMARTS) is 1. The minimum absolute atomic E-state index is 0.149. The van der Waals surface area contributed by atoms with E-state index in [2.05, 4.69) is 4.98 Å². The lowest BCUT2D eigenvalue weighted by Gasteiger charge is -1.94. The molecule has 0 atom stereocenters. The van der Waals surface area contributed by atoms with Crippen molar-refractivity contribution in [3.05, 3.63) is 22.7 Å². The molecule has 0 fully saturated rings. The second-order valence-corrected chi connectivity index (χ2v) is 3.89. The molecule has 2 rings (SSSR count). The molecule has 0 aliphatic rings. The van der Waals surface area contributed by atoms with Gasteiger partial charge in [0.2, 0.25) is 0 Å². The number of aromatic amines is 1. The zero-order valence-corrected chi connectivity index (χ0v) is 7.20. The Labute approximate surface area is 72.6 Å². The summed E-state index contributed by atoms with van der Waals surface area (Å²) < 4.78 is 0.965. The minimum Gasteiger partial charge on any atom is -0.543 e. The number of carboxylic acids is 1. The molecule has 1 N–H and O–H groups in total. The Hall–Kier alpha value is -1.29. The average molecular weight is 180 g/mol. The molecule has 0 saturated heterocycles. The number of carbonyl (C=O) groups is 1. The van der Waals surface area contributed by atoms with Crippen LogP contribution in [0.25, 0.3) is 10.2 Å². The van der Waals surface area contributed by atoms with E-state index in [-0.39, 0.29) is 5.69 Å². The van der Waals surface area contributed by atoms with Crippen molar-refractivity contribution in [1.29, 1.82) is 0 Å². The van der Waals surface area contributed by atoms with Gasteiger partial charge in [0.05, 0.1) is 21.9 Å². The van der Waals surface area contributed by atoms with Crippen molar-refractivity contribution in [3.63, 3.8) is 0 Å². The SMILES string of the molecule is Cc1cc2[nH]c(C(=O)[O-])cc2s1. The summed E-state index contributed by atoms with van der Waals surface area (Å²) in [6, 6.07) is 3.52. The summed E-state index contributed by atoms with van der Waals surface area (Å²) in [5.74, 6) is -1.16. The summed E-state index contributed by atoms with van der Waals surface area (Å²) in [5, 5.41) is 10.4. The Morgan fingerprint density at radius 3 is 2.92 bits per heavy atom. The standard InChI is InChI=1S/C8H7NO2S/c1-4-2-5-7(12-4)3-6(9-5)8(10)11/h2-3,9H,1H3,(H,10,11)/p-1. The molecule has 0 amide bonds. The molecule has 0 aliphatic carbocycles. The third kappa shape index (κ3) is 1.00. The molecule has 4 heteroatoms. The molecule has 2 aromatic heterocycles. The van der Waals surface area contributed by atoms with Gasteiger partial charge in [-0.25, -0.2) is 0 Å². The van der Waals surface area contributed by atoms with Crippen LogP contribution in [0.3, 0.4) is 0 Å². The first-order valence-corrected chi connectivity index (χ1v) is 4.29. The maximum Gasteiger partial charge on any atom is 0.0878 e. The maximum absolute atomic E-state index is 10.4. The number of carbonyl (C=O) groups excluding carboxylic acids is 1. The zero-order valence-electron chi connectivity index (χ0n) is 6.38. The number of fused-ring (bicyclic) bond motifs is 1. The number of aryl methyl sites for hydroxylation is 1. The number of nitrogens with one attached hydrogen (secondary N) is 1. The number of rotatable bonds is 1. The number of hydrogen-bond acceptors (Lipinski definition) is 3. The van der Waals surface area contributed by atoms with Crippen LogP contribution >= 0.6 is 11.3 Å². The Morgan fingerprint density at radius 1 is 1.58 bits per heavy atom. The van der Waals surface area contributed by atoms with Gasteiger partial charge in [0.15, 0.2) is 0 Å². The summed E-state index contributed by atoms with van der Waals surface area (Å²) >= 11 is 1.57. The first-order valence-electron chi connectivity index (χ1n) is 3.47. The van der Waals surface area contributed by atoms with Crippen molar-refractivity contribution in [2.24, 2.45) is 0 Å². The van der Waals surface area contributed by atoms with Crippen LogP contribution in [0, 0.1) is 6.92 Å². The largest absolute Gasteiger partial charge is 0.543 e. The maximum atomic E-state index is 10.4. The first kappa shape index (κ1) is 7.36. The highest BCUT2D eigenvalue weighted by molar-refractivity contribution is 7.19. The highest BCUT2D eigenvalue weighted by atomic mass is 32.1. The topological polar surface area (TPSA) is 55.9 Å². The van der Waals surface area contributed by atoms with E-state index in [1.807, 2.05) is 13.0 Å². The summed E-state index contributed by atoms with van der Waals surface area (Å²) in [7, 11) is 0. The van der Waals surface area contributed by atoms with Gasteiger partial charge in [-0.3, -0.25) is 0 Å². The highest BCUT2D eigenvalue weighted by Gasteiger charge is 2.03. The molecule has 0 aromatic carbocycles. The van der Waals surface area contributed by atoms with Crippen molar-refractivity contribution >= 4 is 27.5 Å². The van der Waals surface area contributed by atoms with Gasteiger partial charge in [-0.2, -0.15) is 0 Å². The molecule has 62 valence electrons. The molecule has 3 nitrogen and oxygen atoms in total. The van der Waals surface area contributed by atoms with Crippen LogP contribution in [-0.2, 0) is 0 Å². The minimum atomic E-state index is -1.16. The number of hydrogen-bond donors (Lipinski definition) is 1. The normalized spacial score (nSPS) is 10.8. The predicted octanol–water partition coefficient (Wildman–Crippen LogP) is 0.901. The molecular formula is C8H6NO2S-. The van der Waals surface area contributed by atoms with Crippen LogP contribution < -0.4 is 5.11 Å². The molecular weight excluding hydrogens is 174 g/mol. The van der Waals surface area contributed by atoms with Crippen molar-refractivity contribution in [1.82, 2.24) is 4.98 Å². The van der Waals surface area contributed by atoms with Crippen molar-refractivity contribution < 1.29 is 9.90 Å². The Morgan fingerprint density at radius 2 is 2.33 bits per heavy atom. The molecule has 0 bridgehead atoms. The van der Waals surface area contributed by atoms with Gasteiger partial charge >= 0.3 is 0 Å². The summed E-state index contributed by atoms with van der Waals surface area (Å²) in [5.41, 5.74) is 1.02. The third-order valence-corrected chi connectivity index (χ3v) is 2.65. The third-order valence-electron chi connectivity index (χ3n) is 1.65. The predicted molar refractivity (Wildman–Crippen MR) is 45.2 cm³/mol. The Bertz CT molecular complexity index is 409. The van der Waals surface area contributed by atoms with Gasteiger partial charge < -0.3 is 14.9 Å². The fourth-order valence-electron chi connectivity index (χ4n) is 1.16. The lowest BCUT2D eigenvalue weighted by Crippen LogP contribution is -2.22. The fourth-order valence-corrected chi connectivity index (χ4v) is 2.08. The lowest BCUT2D eigenvalue weighted by molar-refractivity contribution is -0.255. The number of H-pyrrole nitrogens is 1. The van der Waals surface area contributed by atoms with Crippen molar-refractivity contribution in [2.45, 2.75) is 6.92 Å². The van der Waals surface area contributed by atoms with Crippen LogP contribution in [0.1, 0.15) is 15.4 Å². The van der Waals surface area contributed by atoms with Crippen LogP contribution in [0.5, 0.6) is 0 Å². The molecule has 12 heavy (non-hydrogen) atoms. The summed E-state index contributed by atoms with van der Waals surface area (Å²) in [6.07, 6.45) is 0. The number of aromatic nitrogens is 1. The van der Waals surface area contributed by atoms with Gasteiger partial charge in [-0.1, -0.05) is 0 Å². The van der Waals surface area contributed by atoms with Crippen molar-refractivity contribution in [3.8, 4) is 0 Å². The summed E-state index contributed by atoms with van der Waals surface area (Å²) in [6.45, 7) is 1.98. The van der Waals surface area contributed by atoms with Crippen LogP contribution in [-0.4, -0.2) is 11.0 Å². The van der Waals surface area contributed by atoms with Crippen LogP contribution in [0.15, 0.2) is 12.1 Å². The van der Waals surface area contributed by atoms with E-state index in [9.17, 15) is 9.90 Å². The molecule has 0 radical (unpaired) electrons. The van der Waals surface area contributed by atoms with Crippen LogP contribution in [0.2, 0.25) is 0 Å². The average Bonchev–Trinajstić information content (AvgIpc) is 2.42. The highest BCUT2D eigenvalue weighted by Crippen LogP contribution is 2.24. The monoisotopic (exact) mass is 180 g/mol. The summed E-state index contributed by atoms with van der Waals surface area (Å²) in [4.78, 5) is 14.3. The van der Waals surface area contributed by atoms with Gasteiger partial charge in [0.1, 0.15) is 0 Å². The quantitative estimate of drug-likeness (QED) is 0.708. The molecule has 0 saturated carbocycles. The van der Waals surface area contributed by atoms with E-state index >= 15 is 0 Å². The van der Waals surface area contributed by atoms with Gasteiger partial charge in [0.25, 0.3) is 0 Å². The zero-order chi connectivity index (χ0) is 8.72. The van der Waals surface area contributed by atoms with Gasteiger partial charge in [-0.15, -0.1) is 11.3 Å². The van der Waals surface area contributed by atoms with E-state index in [0.717, 1.165) is 10.2 Å². The van der Waals surface area contributed by atoms with Gasteiger partial charge in [-0.05, 0) is 19.1 Å². The van der Waals surface area contributed by atoms with E-state index in [0.29, 0.717) is 0 Å². The first-order chi connectivity index (χ1) is 5.66. The van der Waals surface area contributed by atoms with E-state index < -0.39 is 5.97 Å². The van der Waals surface area contributed by atoms with Crippen molar-refractivity contribution in [2.75, 3.05) is 0 Å². The Kier molecular flexibility index (Phi) is 1.44. The lowest BCUT2D eigenvalue weighted by atomic mass is 10.4. The Balaban J connectivity index is 2.64. The van der Waals surface area contributed by atoms with Gasteiger partial charge in [0, 0.05) is 4.88 Å². The second-order valence-electron chi connectivity index (χ2n) is 2.61. The van der Waals surface area contributed by atoms with E-state index in [1.165, 1.54) is 4.88 Å². The number of thiophene rings is 1. The second kappa shape index (κ2) is 2.35. The smallest absolute Gasteiger partial charge is 0.0878 e. The number of aromatic carboxylic acids is 1. The van der Waals surface area contributed by atoms with E-state index in [4.69, 9.17) is 0 Å². The molecule has 0 spiro atoms. The van der Waals surface area contributed by atoms with E-state index in [1.54, 1.807) is 17.4 Å². The fraction of sp³-hybridized carbons (Fsp3) is 0.125. The van der Waals surface area contributed by atoms with Crippen LogP contribution in [0.4, 0.5) is 0 Å². The molecule has 0 unspecified atom stereocenters. The molecule has 0 aliphatic heterocycles. The molecule has 2 heterocycles. The molecule has 2 aromatic rings.